The van der Waals surface area contributed by atoms with Gasteiger partial charge in [0.15, 0.2) is 5.78 Å². The lowest BCUT2D eigenvalue weighted by Crippen LogP contribution is -2.73. The van der Waals surface area contributed by atoms with Crippen LogP contribution in [0.4, 0.5) is 4.79 Å². The SMILES string of the molecule is C=CCOC(=O)O[C@H](C)[C@H]1C(=O)N(C(=O)C(=O)O)[C@@H]1[C@H]1OCC[C@H](SC)C1=O. The number of imide groups is 1. The minimum Gasteiger partial charge on any atom is -0.474 e. The molecule has 2 aliphatic rings. The fourth-order valence-corrected chi connectivity index (χ4v) is 3.97. The molecule has 1 N–H and O–H groups in total. The van der Waals surface area contributed by atoms with E-state index in [-0.39, 0.29) is 19.0 Å². The van der Waals surface area contributed by atoms with Gasteiger partial charge in [-0.3, -0.25) is 19.3 Å². The first-order valence-corrected chi connectivity index (χ1v) is 9.76. The van der Waals surface area contributed by atoms with Crippen molar-refractivity contribution in [3.8, 4) is 0 Å². The van der Waals surface area contributed by atoms with E-state index in [1.54, 1.807) is 6.26 Å². The zero-order valence-corrected chi connectivity index (χ0v) is 16.2. The van der Waals surface area contributed by atoms with Crippen LogP contribution in [-0.4, -0.2) is 82.7 Å². The van der Waals surface area contributed by atoms with Crippen molar-refractivity contribution in [3.63, 3.8) is 0 Å². The highest BCUT2D eigenvalue weighted by Crippen LogP contribution is 2.37. The molecule has 0 unspecified atom stereocenters. The Kier molecular flexibility index (Phi) is 7.19. The number of carbonyl (C=O) groups excluding carboxylic acids is 4. The molecule has 10 nitrogen and oxygen atoms in total. The minimum absolute atomic E-state index is 0.100. The average Bonchev–Trinajstić information content (AvgIpc) is 2.64. The van der Waals surface area contributed by atoms with Gasteiger partial charge in [0.25, 0.3) is 0 Å². The predicted octanol–water partition coefficient (Wildman–Crippen LogP) is 0.242. The van der Waals surface area contributed by atoms with Gasteiger partial charge >= 0.3 is 18.0 Å². The molecule has 0 aromatic rings. The topological polar surface area (TPSA) is 137 Å². The second-order valence-corrected chi connectivity index (χ2v) is 7.25. The molecule has 5 atom stereocenters. The van der Waals surface area contributed by atoms with Crippen LogP contribution in [0.2, 0.25) is 0 Å². The molecule has 0 bridgehead atoms. The molecule has 2 amide bonds. The highest BCUT2D eigenvalue weighted by Gasteiger charge is 2.61. The maximum absolute atomic E-state index is 12.7. The number of nitrogens with zero attached hydrogens (tertiary/aromatic N) is 1. The summed E-state index contributed by atoms with van der Waals surface area (Å²) in [6.07, 6.45) is 0.226. The maximum atomic E-state index is 12.7. The van der Waals surface area contributed by atoms with Gasteiger partial charge in [-0.2, -0.15) is 11.8 Å². The lowest BCUT2D eigenvalue weighted by Gasteiger charge is -2.50. The third-order valence-corrected chi connectivity index (χ3v) is 5.60. The lowest BCUT2D eigenvalue weighted by molar-refractivity contribution is -0.190. The Hall–Kier alpha value is -2.40. The lowest BCUT2D eigenvalue weighted by atomic mass is 9.77. The monoisotopic (exact) mass is 415 g/mol. The molecular weight excluding hydrogens is 394 g/mol. The Morgan fingerprint density at radius 3 is 2.68 bits per heavy atom. The predicted molar refractivity (Wildman–Crippen MR) is 95.5 cm³/mol. The van der Waals surface area contributed by atoms with Crippen LogP contribution in [0.3, 0.4) is 0 Å². The number of ether oxygens (including phenoxy) is 3. The molecule has 2 aliphatic heterocycles. The van der Waals surface area contributed by atoms with Crippen molar-refractivity contribution in [2.45, 2.75) is 36.8 Å². The zero-order chi connectivity index (χ0) is 21.0. The number of rotatable bonds is 6. The van der Waals surface area contributed by atoms with Crippen molar-refractivity contribution in [3.05, 3.63) is 12.7 Å². The van der Waals surface area contributed by atoms with Crippen LogP contribution in [-0.2, 0) is 33.4 Å². The molecule has 0 aromatic heterocycles. The van der Waals surface area contributed by atoms with E-state index in [2.05, 4.69) is 6.58 Å². The van der Waals surface area contributed by atoms with Crippen molar-refractivity contribution < 1.29 is 43.3 Å². The summed E-state index contributed by atoms with van der Waals surface area (Å²) in [7, 11) is 0. The van der Waals surface area contributed by atoms with Crippen molar-refractivity contribution in [1.82, 2.24) is 4.90 Å². The summed E-state index contributed by atoms with van der Waals surface area (Å²) in [5.41, 5.74) is 0. The van der Waals surface area contributed by atoms with Crippen molar-refractivity contribution in [2.24, 2.45) is 5.92 Å². The zero-order valence-electron chi connectivity index (χ0n) is 15.4. The number of hydrogen-bond donors (Lipinski definition) is 1. The summed E-state index contributed by atoms with van der Waals surface area (Å²) in [6.45, 7) is 4.89. The van der Waals surface area contributed by atoms with Gasteiger partial charge in [-0.1, -0.05) is 12.7 Å². The highest BCUT2D eigenvalue weighted by atomic mass is 32.2. The van der Waals surface area contributed by atoms with E-state index >= 15 is 0 Å². The minimum atomic E-state index is -1.83. The number of carboxylic acid groups (broad SMARTS) is 1. The molecule has 11 heteroatoms. The van der Waals surface area contributed by atoms with E-state index in [9.17, 15) is 24.0 Å². The Bertz CT molecular complexity index is 694. The molecular formula is C17H21NO9S. The van der Waals surface area contributed by atoms with Crippen LogP contribution in [0, 0.1) is 5.92 Å². The Balaban J connectivity index is 2.25. The van der Waals surface area contributed by atoms with Gasteiger partial charge in [0.1, 0.15) is 18.8 Å². The summed E-state index contributed by atoms with van der Waals surface area (Å²) in [5.74, 6) is -5.61. The van der Waals surface area contributed by atoms with Crippen LogP contribution in [0.5, 0.6) is 0 Å². The van der Waals surface area contributed by atoms with E-state index in [1.165, 1.54) is 24.8 Å². The number of aliphatic carboxylic acids is 1. The van der Waals surface area contributed by atoms with Gasteiger partial charge < -0.3 is 19.3 Å². The summed E-state index contributed by atoms with van der Waals surface area (Å²) >= 11 is 1.31. The fraction of sp³-hybridized carbons (Fsp3) is 0.588. The molecule has 154 valence electrons. The fourth-order valence-electron chi connectivity index (χ4n) is 3.27. The van der Waals surface area contributed by atoms with Crippen molar-refractivity contribution in [2.75, 3.05) is 19.5 Å². The molecule has 0 saturated carbocycles. The van der Waals surface area contributed by atoms with Crippen LogP contribution in [0.15, 0.2) is 12.7 Å². The van der Waals surface area contributed by atoms with Crippen molar-refractivity contribution in [1.29, 1.82) is 0 Å². The molecule has 2 heterocycles. The van der Waals surface area contributed by atoms with Crippen LogP contribution in [0.25, 0.3) is 0 Å². The van der Waals surface area contributed by atoms with E-state index in [1.807, 2.05) is 0 Å². The number of likely N-dealkylation sites (tertiary alicyclic amines) is 1. The first kappa shape index (κ1) is 21.9. The number of ketones is 1. The smallest absolute Gasteiger partial charge is 0.474 e. The van der Waals surface area contributed by atoms with E-state index < -0.39 is 53.4 Å². The normalized spacial score (nSPS) is 28.1. The maximum Gasteiger partial charge on any atom is 0.508 e. The van der Waals surface area contributed by atoms with Gasteiger partial charge in [-0.25, -0.2) is 9.59 Å². The molecule has 0 aromatic carbocycles. The van der Waals surface area contributed by atoms with Crippen LogP contribution in [0.1, 0.15) is 13.3 Å². The van der Waals surface area contributed by atoms with Crippen LogP contribution < -0.4 is 0 Å². The molecule has 0 aliphatic carbocycles. The van der Waals surface area contributed by atoms with E-state index in [4.69, 9.17) is 19.3 Å². The first-order chi connectivity index (χ1) is 13.2. The Morgan fingerprint density at radius 2 is 2.11 bits per heavy atom. The van der Waals surface area contributed by atoms with E-state index in [0.717, 1.165) is 0 Å². The molecule has 0 spiro atoms. The second-order valence-electron chi connectivity index (χ2n) is 6.21. The summed E-state index contributed by atoms with van der Waals surface area (Å²) in [4.78, 5) is 60.4. The number of thioether (sulfide) groups is 1. The number of carboxylic acids is 1. The molecule has 28 heavy (non-hydrogen) atoms. The average molecular weight is 415 g/mol. The number of carbonyl (C=O) groups is 5. The van der Waals surface area contributed by atoms with E-state index in [0.29, 0.717) is 11.3 Å². The number of Topliss-reactive ketones (excluding diaryl/α,β-unsaturated/α-hetero) is 1. The Morgan fingerprint density at radius 1 is 1.43 bits per heavy atom. The van der Waals surface area contributed by atoms with Gasteiger partial charge in [0.2, 0.25) is 5.91 Å². The molecule has 2 rings (SSSR count). The highest BCUT2D eigenvalue weighted by molar-refractivity contribution is 7.99. The third-order valence-electron chi connectivity index (χ3n) is 4.57. The summed E-state index contributed by atoms with van der Waals surface area (Å²) in [5, 5.41) is 8.60. The van der Waals surface area contributed by atoms with Gasteiger partial charge in [-0.05, 0) is 19.6 Å². The molecule has 2 fully saturated rings. The first-order valence-electron chi connectivity index (χ1n) is 8.47. The van der Waals surface area contributed by atoms with Gasteiger partial charge in [0, 0.05) is 6.61 Å². The van der Waals surface area contributed by atoms with Gasteiger partial charge in [0.05, 0.1) is 17.2 Å². The number of hydrogen-bond acceptors (Lipinski definition) is 9. The van der Waals surface area contributed by atoms with Crippen molar-refractivity contribution >= 4 is 41.5 Å². The Labute approximate surface area is 165 Å². The summed E-state index contributed by atoms with van der Waals surface area (Å²) in [6, 6.07) is -1.18. The molecule has 0 radical (unpaired) electrons. The van der Waals surface area contributed by atoms with Gasteiger partial charge in [-0.15, -0.1) is 0 Å². The standard InChI is InChI=1S/C17H21NO9S/c1-4-6-26-17(24)27-8(2)10-11(18(14(10)20)15(21)16(22)23)13-12(19)9(28-3)5-7-25-13/h4,8-11,13H,1,5-7H2,2-3H3,(H,22,23)/t8-,9+,10-,11+,13-/m1/s1. The third kappa shape index (κ3) is 4.20. The van der Waals surface area contributed by atoms with Crippen LogP contribution >= 0.6 is 11.8 Å². The summed E-state index contributed by atoms with van der Waals surface area (Å²) < 4.78 is 15.2. The largest absolute Gasteiger partial charge is 0.508 e. The number of β-lactam (4-membered cyclic amide) rings is 1. The molecule has 2 saturated heterocycles. The second kappa shape index (κ2) is 9.20. The number of amides is 2. The quantitative estimate of drug-likeness (QED) is 0.278.